The fourth-order valence-electron chi connectivity index (χ4n) is 5.44. The SMILES string of the molecule is COc1ccc(CNC23CC4CC(CC(C4)C2)C3)cc1Cl. The quantitative estimate of drug-likeness (QED) is 0.890. The van der Waals surface area contributed by atoms with Crippen molar-refractivity contribution < 1.29 is 4.74 Å². The van der Waals surface area contributed by atoms with E-state index >= 15 is 0 Å². The standard InChI is InChI=1S/C18H24ClNO/c1-21-17-3-2-12(7-16(17)19)11-20-18-8-13-4-14(9-18)6-15(5-13)10-18/h2-3,7,13-15,20H,4-6,8-11H2,1H3. The number of hydrogen-bond donors (Lipinski definition) is 1. The fourth-order valence-corrected chi connectivity index (χ4v) is 5.72. The monoisotopic (exact) mass is 305 g/mol. The van der Waals surface area contributed by atoms with E-state index in [1.54, 1.807) is 7.11 Å². The molecule has 114 valence electrons. The van der Waals surface area contributed by atoms with E-state index in [4.69, 9.17) is 16.3 Å². The van der Waals surface area contributed by atoms with Gasteiger partial charge in [-0.25, -0.2) is 0 Å². The van der Waals surface area contributed by atoms with Gasteiger partial charge in [0, 0.05) is 12.1 Å². The molecule has 0 unspecified atom stereocenters. The molecular weight excluding hydrogens is 282 g/mol. The van der Waals surface area contributed by atoms with Crippen LogP contribution < -0.4 is 10.1 Å². The van der Waals surface area contributed by atoms with Crippen molar-refractivity contribution in [2.45, 2.75) is 50.6 Å². The van der Waals surface area contributed by atoms with Gasteiger partial charge in [0.25, 0.3) is 0 Å². The lowest BCUT2D eigenvalue weighted by Crippen LogP contribution is -2.58. The Bertz CT molecular complexity index is 507. The Kier molecular flexibility index (Phi) is 3.42. The number of benzene rings is 1. The average molecular weight is 306 g/mol. The van der Waals surface area contributed by atoms with Crippen molar-refractivity contribution >= 4 is 11.6 Å². The summed E-state index contributed by atoms with van der Waals surface area (Å²) in [5.74, 6) is 3.73. The van der Waals surface area contributed by atoms with Gasteiger partial charge in [-0.1, -0.05) is 17.7 Å². The van der Waals surface area contributed by atoms with E-state index in [2.05, 4.69) is 11.4 Å². The van der Waals surface area contributed by atoms with E-state index in [0.29, 0.717) is 10.6 Å². The van der Waals surface area contributed by atoms with Crippen LogP contribution in [0, 0.1) is 17.8 Å². The van der Waals surface area contributed by atoms with E-state index < -0.39 is 0 Å². The molecule has 4 aliphatic rings. The normalized spacial score (nSPS) is 37.0. The molecule has 0 amide bonds. The largest absolute Gasteiger partial charge is 0.495 e. The molecule has 4 aliphatic carbocycles. The number of methoxy groups -OCH3 is 1. The van der Waals surface area contributed by atoms with Gasteiger partial charge < -0.3 is 10.1 Å². The molecule has 3 heteroatoms. The van der Waals surface area contributed by atoms with Gasteiger partial charge in [-0.15, -0.1) is 0 Å². The van der Waals surface area contributed by atoms with Crippen LogP contribution in [0.15, 0.2) is 18.2 Å². The average Bonchev–Trinajstić information content (AvgIpc) is 2.44. The molecule has 0 atom stereocenters. The van der Waals surface area contributed by atoms with Crippen LogP contribution in [0.4, 0.5) is 0 Å². The summed E-state index contributed by atoms with van der Waals surface area (Å²) in [4.78, 5) is 0. The summed E-state index contributed by atoms with van der Waals surface area (Å²) < 4.78 is 5.23. The number of hydrogen-bond acceptors (Lipinski definition) is 2. The topological polar surface area (TPSA) is 21.3 Å². The molecule has 0 aromatic heterocycles. The zero-order valence-electron chi connectivity index (χ0n) is 12.7. The van der Waals surface area contributed by atoms with Crippen molar-refractivity contribution in [2.24, 2.45) is 17.8 Å². The first kappa shape index (κ1) is 13.9. The lowest BCUT2D eigenvalue weighted by molar-refractivity contribution is -0.0206. The molecule has 0 spiro atoms. The van der Waals surface area contributed by atoms with Crippen LogP contribution >= 0.6 is 11.6 Å². The van der Waals surface area contributed by atoms with Crippen LogP contribution in [0.3, 0.4) is 0 Å². The number of halogens is 1. The number of nitrogens with one attached hydrogen (secondary N) is 1. The van der Waals surface area contributed by atoms with E-state index in [-0.39, 0.29) is 0 Å². The Balaban J connectivity index is 1.46. The number of ether oxygens (including phenoxy) is 1. The summed E-state index contributed by atoms with van der Waals surface area (Å²) in [6.45, 7) is 0.926. The lowest BCUT2D eigenvalue weighted by Gasteiger charge is -2.57. The van der Waals surface area contributed by atoms with Gasteiger partial charge in [-0.05, 0) is 74.0 Å². The molecule has 5 rings (SSSR count). The molecule has 4 bridgehead atoms. The van der Waals surface area contributed by atoms with E-state index in [9.17, 15) is 0 Å². The Morgan fingerprint density at radius 1 is 1.14 bits per heavy atom. The van der Waals surface area contributed by atoms with Crippen molar-refractivity contribution in [2.75, 3.05) is 7.11 Å². The minimum absolute atomic E-state index is 0.418. The first-order chi connectivity index (χ1) is 10.2. The van der Waals surface area contributed by atoms with Crippen molar-refractivity contribution in [3.63, 3.8) is 0 Å². The minimum Gasteiger partial charge on any atom is -0.495 e. The van der Waals surface area contributed by atoms with E-state index in [1.165, 1.54) is 44.1 Å². The lowest BCUT2D eigenvalue weighted by atomic mass is 9.53. The molecular formula is C18H24ClNO. The number of rotatable bonds is 4. The second-order valence-corrected chi connectivity index (χ2v) is 7.93. The Labute approximate surface area is 132 Å². The van der Waals surface area contributed by atoms with Crippen LogP contribution in [0.25, 0.3) is 0 Å². The zero-order valence-corrected chi connectivity index (χ0v) is 13.5. The van der Waals surface area contributed by atoms with Crippen LogP contribution in [-0.2, 0) is 6.54 Å². The molecule has 0 aliphatic heterocycles. The maximum absolute atomic E-state index is 6.23. The predicted molar refractivity (Wildman–Crippen MR) is 85.7 cm³/mol. The van der Waals surface area contributed by atoms with Crippen molar-refractivity contribution in [3.8, 4) is 5.75 Å². The predicted octanol–water partition coefficient (Wildman–Crippen LogP) is 4.41. The summed E-state index contributed by atoms with van der Waals surface area (Å²) in [5, 5.41) is 4.62. The van der Waals surface area contributed by atoms with Gasteiger partial charge in [0.05, 0.1) is 12.1 Å². The smallest absolute Gasteiger partial charge is 0.137 e. The van der Waals surface area contributed by atoms with Gasteiger partial charge >= 0.3 is 0 Å². The highest BCUT2D eigenvalue weighted by Crippen LogP contribution is 2.55. The Morgan fingerprint density at radius 3 is 2.29 bits per heavy atom. The summed E-state index contributed by atoms with van der Waals surface area (Å²) in [5.41, 5.74) is 1.68. The van der Waals surface area contributed by atoms with Gasteiger partial charge in [0.15, 0.2) is 0 Å². The summed E-state index contributed by atoms with van der Waals surface area (Å²) in [7, 11) is 1.66. The highest BCUT2D eigenvalue weighted by molar-refractivity contribution is 6.32. The van der Waals surface area contributed by atoms with Crippen LogP contribution in [0.5, 0.6) is 5.75 Å². The third-order valence-electron chi connectivity index (χ3n) is 5.92. The summed E-state index contributed by atoms with van der Waals surface area (Å²) in [6, 6.07) is 6.13. The van der Waals surface area contributed by atoms with Gasteiger partial charge in [0.2, 0.25) is 0 Å². The minimum atomic E-state index is 0.418. The molecule has 0 radical (unpaired) electrons. The second kappa shape index (κ2) is 5.17. The molecule has 1 aromatic carbocycles. The molecule has 0 saturated heterocycles. The molecule has 4 saturated carbocycles. The van der Waals surface area contributed by atoms with Gasteiger partial charge in [-0.2, -0.15) is 0 Å². The first-order valence-electron chi connectivity index (χ1n) is 8.23. The summed E-state index contributed by atoms with van der Waals surface area (Å²) in [6.07, 6.45) is 8.66. The highest BCUT2D eigenvalue weighted by Gasteiger charge is 2.50. The van der Waals surface area contributed by atoms with Crippen molar-refractivity contribution in [1.29, 1.82) is 0 Å². The summed E-state index contributed by atoms with van der Waals surface area (Å²) >= 11 is 6.23. The van der Waals surface area contributed by atoms with Crippen molar-refractivity contribution in [3.05, 3.63) is 28.8 Å². The Hall–Kier alpha value is -0.730. The zero-order chi connectivity index (χ0) is 14.4. The molecule has 4 fully saturated rings. The van der Waals surface area contributed by atoms with Crippen LogP contribution in [-0.4, -0.2) is 12.6 Å². The first-order valence-corrected chi connectivity index (χ1v) is 8.61. The Morgan fingerprint density at radius 2 is 1.76 bits per heavy atom. The van der Waals surface area contributed by atoms with Crippen LogP contribution in [0.2, 0.25) is 5.02 Å². The van der Waals surface area contributed by atoms with Gasteiger partial charge in [-0.3, -0.25) is 0 Å². The molecule has 1 aromatic rings. The molecule has 0 heterocycles. The van der Waals surface area contributed by atoms with E-state index in [0.717, 1.165) is 30.0 Å². The third kappa shape index (κ3) is 2.57. The maximum atomic E-state index is 6.23. The third-order valence-corrected chi connectivity index (χ3v) is 6.22. The maximum Gasteiger partial charge on any atom is 0.137 e. The molecule has 2 nitrogen and oxygen atoms in total. The van der Waals surface area contributed by atoms with E-state index in [1.807, 2.05) is 12.1 Å². The molecule has 21 heavy (non-hydrogen) atoms. The van der Waals surface area contributed by atoms with Gasteiger partial charge in [0.1, 0.15) is 5.75 Å². The molecule has 1 N–H and O–H groups in total. The van der Waals surface area contributed by atoms with Crippen LogP contribution in [0.1, 0.15) is 44.1 Å². The fraction of sp³-hybridized carbons (Fsp3) is 0.667. The van der Waals surface area contributed by atoms with Crippen molar-refractivity contribution in [1.82, 2.24) is 5.32 Å². The second-order valence-electron chi connectivity index (χ2n) is 7.52. The highest BCUT2D eigenvalue weighted by atomic mass is 35.5.